The van der Waals surface area contributed by atoms with E-state index in [1.165, 1.54) is 0 Å². The summed E-state index contributed by atoms with van der Waals surface area (Å²) in [5.74, 6) is 0. The zero-order chi connectivity index (χ0) is 23.5. The summed E-state index contributed by atoms with van der Waals surface area (Å²) in [5, 5.41) is 7.96. The second kappa shape index (κ2) is 9.60. The van der Waals surface area contributed by atoms with Gasteiger partial charge in [0.15, 0.2) is 0 Å². The lowest BCUT2D eigenvalue weighted by atomic mass is 9.87. The van der Waals surface area contributed by atoms with Crippen LogP contribution < -0.4 is 10.2 Å². The van der Waals surface area contributed by atoms with E-state index in [9.17, 15) is 4.79 Å². The molecule has 2 aliphatic heterocycles. The van der Waals surface area contributed by atoms with E-state index in [4.69, 9.17) is 14.5 Å². The van der Waals surface area contributed by atoms with Crippen LogP contribution in [-0.2, 0) is 15.1 Å². The first-order valence-corrected chi connectivity index (χ1v) is 12.0. The number of methoxy groups -OCH3 is 1. The van der Waals surface area contributed by atoms with Crippen LogP contribution in [0.25, 0.3) is 16.8 Å². The second-order valence-corrected chi connectivity index (χ2v) is 8.86. The molecule has 1 N–H and O–H groups in total. The number of pyridine rings is 1. The van der Waals surface area contributed by atoms with E-state index in [1.807, 2.05) is 36.1 Å². The highest BCUT2D eigenvalue weighted by Gasteiger charge is 2.34. The normalized spacial score (nSPS) is 21.1. The third-order valence-corrected chi connectivity index (χ3v) is 6.95. The van der Waals surface area contributed by atoms with Crippen LogP contribution in [0.5, 0.6) is 0 Å². The molecule has 0 aliphatic carbocycles. The number of piperidine rings is 1. The molecule has 0 bridgehead atoms. The minimum Gasteiger partial charge on any atom is -0.450 e. The van der Waals surface area contributed by atoms with E-state index in [1.54, 1.807) is 12.0 Å². The number of fused-ring (bicyclic) bond motifs is 1. The van der Waals surface area contributed by atoms with Gasteiger partial charge in [-0.2, -0.15) is 5.10 Å². The quantitative estimate of drug-likeness (QED) is 0.622. The summed E-state index contributed by atoms with van der Waals surface area (Å²) in [6, 6.07) is 8.37. The number of nitrogens with one attached hydrogen (secondary N) is 1. The Kier molecular flexibility index (Phi) is 6.38. The molecular weight excluding hydrogens is 432 g/mol. The van der Waals surface area contributed by atoms with Crippen molar-refractivity contribution in [3.8, 4) is 11.3 Å². The van der Waals surface area contributed by atoms with Crippen molar-refractivity contribution in [2.75, 3.05) is 57.9 Å². The largest absolute Gasteiger partial charge is 0.450 e. The number of piperazine rings is 1. The Hall–Kier alpha value is -3.17. The zero-order valence-corrected chi connectivity index (χ0v) is 19.9. The Bertz CT molecular complexity index is 1130. The standard InChI is InChI=1S/C25H32N6O3/c1-3-34-24(32)30-13-11-29(12-14-30)22-7-10-28-31-17-19(15-23(22)31)21-6-5-20(16-27-21)25(33-2)8-4-9-26-18-25/h5-7,10,15-17,26H,3-4,8-9,11-14,18H2,1-2H3/t25-/m0/s1. The van der Waals surface area contributed by atoms with Crippen molar-refractivity contribution in [2.45, 2.75) is 25.4 Å². The monoisotopic (exact) mass is 464 g/mol. The van der Waals surface area contributed by atoms with Gasteiger partial charge in [-0.05, 0) is 44.5 Å². The molecule has 3 aromatic rings. The Balaban J connectivity index is 1.36. The van der Waals surface area contributed by atoms with E-state index >= 15 is 0 Å². The highest BCUT2D eigenvalue weighted by atomic mass is 16.6. The number of carbonyl (C=O) groups is 1. The van der Waals surface area contributed by atoms with Crippen LogP contribution in [0.15, 0.2) is 42.9 Å². The minimum absolute atomic E-state index is 0.235. The van der Waals surface area contributed by atoms with Crippen molar-refractivity contribution in [1.82, 2.24) is 24.8 Å². The van der Waals surface area contributed by atoms with Crippen molar-refractivity contribution in [3.63, 3.8) is 0 Å². The first-order valence-electron chi connectivity index (χ1n) is 12.0. The number of aromatic nitrogens is 3. The summed E-state index contributed by atoms with van der Waals surface area (Å²) in [7, 11) is 1.78. The predicted octanol–water partition coefficient (Wildman–Crippen LogP) is 2.90. The van der Waals surface area contributed by atoms with Crippen molar-refractivity contribution in [3.05, 3.63) is 48.4 Å². The van der Waals surface area contributed by atoms with Gasteiger partial charge in [0.2, 0.25) is 0 Å². The van der Waals surface area contributed by atoms with Gasteiger partial charge in [-0.15, -0.1) is 0 Å². The third-order valence-electron chi connectivity index (χ3n) is 6.95. The number of ether oxygens (including phenoxy) is 2. The minimum atomic E-state index is -0.310. The van der Waals surface area contributed by atoms with Gasteiger partial charge < -0.3 is 24.6 Å². The van der Waals surface area contributed by atoms with E-state index in [2.05, 4.69) is 33.5 Å². The van der Waals surface area contributed by atoms with Gasteiger partial charge in [0, 0.05) is 69.6 Å². The predicted molar refractivity (Wildman–Crippen MR) is 130 cm³/mol. The molecule has 1 amide bonds. The van der Waals surface area contributed by atoms with Gasteiger partial charge in [-0.1, -0.05) is 6.07 Å². The van der Waals surface area contributed by atoms with Crippen molar-refractivity contribution in [2.24, 2.45) is 0 Å². The first-order chi connectivity index (χ1) is 16.6. The summed E-state index contributed by atoms with van der Waals surface area (Å²) in [5.41, 5.74) is 4.85. The molecule has 2 aliphatic rings. The molecule has 5 rings (SSSR count). The molecule has 5 heterocycles. The fourth-order valence-corrected chi connectivity index (χ4v) is 5.00. The maximum atomic E-state index is 12.0. The van der Waals surface area contributed by atoms with Gasteiger partial charge >= 0.3 is 6.09 Å². The topological polar surface area (TPSA) is 84.2 Å². The molecule has 180 valence electrons. The molecule has 0 aromatic carbocycles. The lowest BCUT2D eigenvalue weighted by Gasteiger charge is -2.36. The van der Waals surface area contributed by atoms with Gasteiger partial charge in [0.05, 0.1) is 23.5 Å². The fourth-order valence-electron chi connectivity index (χ4n) is 5.00. The number of carbonyl (C=O) groups excluding carboxylic acids is 1. The zero-order valence-electron chi connectivity index (χ0n) is 19.9. The molecule has 1 atom stereocenters. The summed E-state index contributed by atoms with van der Waals surface area (Å²) in [4.78, 5) is 20.9. The molecule has 0 spiro atoms. The number of hydrogen-bond acceptors (Lipinski definition) is 7. The molecule has 2 saturated heterocycles. The summed E-state index contributed by atoms with van der Waals surface area (Å²) in [6.07, 6.45) is 7.62. The summed E-state index contributed by atoms with van der Waals surface area (Å²) < 4.78 is 13.0. The van der Waals surface area contributed by atoms with Crippen LogP contribution in [0, 0.1) is 0 Å². The molecule has 3 aromatic heterocycles. The van der Waals surface area contributed by atoms with Gasteiger partial charge in [-0.3, -0.25) is 4.98 Å². The average Bonchev–Trinajstić information content (AvgIpc) is 3.34. The molecule has 0 saturated carbocycles. The highest BCUT2D eigenvalue weighted by Crippen LogP contribution is 2.33. The highest BCUT2D eigenvalue weighted by molar-refractivity contribution is 5.79. The summed E-state index contributed by atoms with van der Waals surface area (Å²) in [6.45, 7) is 6.84. The molecule has 9 heteroatoms. The van der Waals surface area contributed by atoms with Crippen LogP contribution in [0.1, 0.15) is 25.3 Å². The Morgan fingerprint density at radius 1 is 1.21 bits per heavy atom. The molecular formula is C25H32N6O3. The van der Waals surface area contributed by atoms with Crippen molar-refractivity contribution in [1.29, 1.82) is 0 Å². The van der Waals surface area contributed by atoms with Crippen molar-refractivity contribution >= 4 is 17.3 Å². The molecule has 0 unspecified atom stereocenters. The SMILES string of the molecule is CCOC(=O)N1CCN(c2ccnn3cc(-c4ccc([C@]5(OC)CCCNC5)cn4)cc23)CC1. The molecule has 0 radical (unpaired) electrons. The molecule has 2 fully saturated rings. The van der Waals surface area contributed by atoms with Gasteiger partial charge in [-0.25, -0.2) is 9.31 Å². The average molecular weight is 465 g/mol. The molecule has 9 nitrogen and oxygen atoms in total. The molecule has 34 heavy (non-hydrogen) atoms. The number of amides is 1. The smallest absolute Gasteiger partial charge is 0.409 e. The van der Waals surface area contributed by atoms with Crippen LogP contribution in [0.4, 0.5) is 10.5 Å². The third kappa shape index (κ3) is 4.21. The summed E-state index contributed by atoms with van der Waals surface area (Å²) >= 11 is 0. The van der Waals surface area contributed by atoms with Crippen LogP contribution >= 0.6 is 0 Å². The fraction of sp³-hybridized carbons (Fsp3) is 0.480. The lowest BCUT2D eigenvalue weighted by molar-refractivity contribution is -0.0335. The van der Waals surface area contributed by atoms with Gasteiger partial charge in [0.1, 0.15) is 5.60 Å². The van der Waals surface area contributed by atoms with Gasteiger partial charge in [0.25, 0.3) is 0 Å². The van der Waals surface area contributed by atoms with E-state index < -0.39 is 0 Å². The maximum Gasteiger partial charge on any atom is 0.409 e. The van der Waals surface area contributed by atoms with E-state index in [0.29, 0.717) is 19.7 Å². The Morgan fingerprint density at radius 2 is 2.06 bits per heavy atom. The number of anilines is 1. The number of rotatable bonds is 5. The van der Waals surface area contributed by atoms with Crippen LogP contribution in [0.3, 0.4) is 0 Å². The van der Waals surface area contributed by atoms with Crippen LogP contribution in [0.2, 0.25) is 0 Å². The van der Waals surface area contributed by atoms with E-state index in [0.717, 1.165) is 67.0 Å². The maximum absolute atomic E-state index is 12.0. The first kappa shape index (κ1) is 22.6. The lowest BCUT2D eigenvalue weighted by Crippen LogP contribution is -2.49. The Labute approximate surface area is 199 Å². The number of nitrogens with zero attached hydrogens (tertiary/aromatic N) is 5. The Morgan fingerprint density at radius 3 is 2.74 bits per heavy atom. The van der Waals surface area contributed by atoms with E-state index in [-0.39, 0.29) is 11.7 Å². The van der Waals surface area contributed by atoms with Crippen LogP contribution in [-0.4, -0.2) is 78.6 Å². The van der Waals surface area contributed by atoms with Crippen molar-refractivity contribution < 1.29 is 14.3 Å². The second-order valence-electron chi connectivity index (χ2n) is 8.86. The number of hydrogen-bond donors (Lipinski definition) is 1.